The third-order valence-electron chi connectivity index (χ3n) is 4.14. The lowest BCUT2D eigenvalue weighted by molar-refractivity contribution is -0.131. The molecule has 1 atom stereocenters. The molecule has 2 aromatic rings. The summed E-state index contributed by atoms with van der Waals surface area (Å²) >= 11 is 5.04. The van der Waals surface area contributed by atoms with Crippen LogP contribution in [0.15, 0.2) is 53.1 Å². The second-order valence-electron chi connectivity index (χ2n) is 6.12. The lowest BCUT2D eigenvalue weighted by atomic mass is 10.1. The first-order valence-electron chi connectivity index (χ1n) is 8.72. The second kappa shape index (κ2) is 11.1. The van der Waals surface area contributed by atoms with Crippen molar-refractivity contribution in [3.05, 3.63) is 64.4 Å². The third-order valence-corrected chi connectivity index (χ3v) is 5.47. The monoisotopic (exact) mass is 449 g/mol. The summed E-state index contributed by atoms with van der Waals surface area (Å²) in [5.74, 6) is 0.459. The standard InChI is InChI=1S/C20H24BrN3O2S/c1-24(13-10-15-7-5-6-12-22-15)20(26)18(11-14-27-2)23-19(25)16-8-3-4-9-17(16)21/h3-9,12,18H,10-11,13-14H2,1-2H3,(H,23,25). The molecule has 2 rings (SSSR count). The Balaban J connectivity index is 2.01. The van der Waals surface area contributed by atoms with Crippen LogP contribution < -0.4 is 5.32 Å². The molecule has 0 fully saturated rings. The van der Waals surface area contributed by atoms with Crippen molar-refractivity contribution in [2.45, 2.75) is 18.9 Å². The molecule has 1 N–H and O–H groups in total. The van der Waals surface area contributed by atoms with E-state index in [0.29, 0.717) is 29.4 Å². The van der Waals surface area contributed by atoms with Gasteiger partial charge in [0.05, 0.1) is 5.56 Å². The Morgan fingerprint density at radius 1 is 1.22 bits per heavy atom. The van der Waals surface area contributed by atoms with Crippen LogP contribution in [0.1, 0.15) is 22.5 Å². The number of nitrogens with zero attached hydrogens (tertiary/aromatic N) is 2. The molecule has 1 aromatic heterocycles. The molecular formula is C20H24BrN3O2S. The second-order valence-corrected chi connectivity index (χ2v) is 7.96. The molecule has 2 amide bonds. The lowest BCUT2D eigenvalue weighted by Crippen LogP contribution is -2.48. The number of thioether (sulfide) groups is 1. The fourth-order valence-corrected chi connectivity index (χ4v) is 3.52. The number of nitrogens with one attached hydrogen (secondary N) is 1. The number of halogens is 1. The van der Waals surface area contributed by atoms with E-state index < -0.39 is 6.04 Å². The molecule has 0 aliphatic carbocycles. The smallest absolute Gasteiger partial charge is 0.253 e. The number of pyridine rings is 1. The minimum atomic E-state index is -0.550. The van der Waals surface area contributed by atoms with Gasteiger partial charge in [-0.3, -0.25) is 14.6 Å². The predicted molar refractivity (Wildman–Crippen MR) is 114 cm³/mol. The molecule has 144 valence electrons. The van der Waals surface area contributed by atoms with Gasteiger partial charge in [-0.15, -0.1) is 0 Å². The van der Waals surface area contributed by atoms with Crippen LogP contribution in [0.2, 0.25) is 0 Å². The van der Waals surface area contributed by atoms with Crippen molar-refractivity contribution in [2.24, 2.45) is 0 Å². The maximum absolute atomic E-state index is 12.9. The number of carbonyl (C=O) groups is 2. The van der Waals surface area contributed by atoms with Crippen LogP contribution in [0.25, 0.3) is 0 Å². The van der Waals surface area contributed by atoms with Gasteiger partial charge in [0, 0.05) is 36.4 Å². The van der Waals surface area contributed by atoms with Crippen LogP contribution in [-0.2, 0) is 11.2 Å². The summed E-state index contributed by atoms with van der Waals surface area (Å²) in [5, 5.41) is 2.90. The minimum Gasteiger partial charge on any atom is -0.344 e. The average Bonchev–Trinajstić information content (AvgIpc) is 2.69. The van der Waals surface area contributed by atoms with E-state index in [1.165, 1.54) is 0 Å². The number of benzene rings is 1. The maximum Gasteiger partial charge on any atom is 0.253 e. The highest BCUT2D eigenvalue weighted by atomic mass is 79.9. The zero-order valence-corrected chi connectivity index (χ0v) is 17.9. The van der Waals surface area contributed by atoms with E-state index in [-0.39, 0.29) is 11.8 Å². The highest BCUT2D eigenvalue weighted by Gasteiger charge is 2.24. The van der Waals surface area contributed by atoms with Gasteiger partial charge in [0.25, 0.3) is 5.91 Å². The summed E-state index contributed by atoms with van der Waals surface area (Å²) in [4.78, 5) is 31.5. The summed E-state index contributed by atoms with van der Waals surface area (Å²) < 4.78 is 0.710. The fraction of sp³-hybridized carbons (Fsp3) is 0.350. The molecule has 1 unspecified atom stereocenters. The lowest BCUT2D eigenvalue weighted by Gasteiger charge is -2.24. The highest BCUT2D eigenvalue weighted by Crippen LogP contribution is 2.16. The van der Waals surface area contributed by atoms with E-state index >= 15 is 0 Å². The van der Waals surface area contributed by atoms with Crippen LogP contribution in [-0.4, -0.2) is 53.3 Å². The molecule has 0 spiro atoms. The number of hydrogen-bond acceptors (Lipinski definition) is 4. The molecule has 1 heterocycles. The summed E-state index contributed by atoms with van der Waals surface area (Å²) in [6.45, 7) is 0.552. The topological polar surface area (TPSA) is 62.3 Å². The summed E-state index contributed by atoms with van der Waals surface area (Å²) in [5.41, 5.74) is 1.46. The first-order chi connectivity index (χ1) is 13.0. The Morgan fingerprint density at radius 2 is 1.96 bits per heavy atom. The van der Waals surface area contributed by atoms with E-state index in [2.05, 4.69) is 26.2 Å². The average molecular weight is 450 g/mol. The van der Waals surface area contributed by atoms with E-state index in [1.807, 2.05) is 36.6 Å². The Morgan fingerprint density at radius 3 is 2.63 bits per heavy atom. The Bertz CT molecular complexity index is 758. The summed E-state index contributed by atoms with van der Waals surface area (Å²) in [7, 11) is 1.77. The van der Waals surface area contributed by atoms with Crippen LogP contribution in [0.4, 0.5) is 0 Å². The number of carbonyl (C=O) groups excluding carboxylic acids is 2. The van der Waals surface area contributed by atoms with Gasteiger partial charge in [0.1, 0.15) is 6.04 Å². The number of likely N-dealkylation sites (N-methyl/N-ethyl adjacent to an activating group) is 1. The molecule has 0 saturated heterocycles. The van der Waals surface area contributed by atoms with Gasteiger partial charge in [-0.2, -0.15) is 11.8 Å². The van der Waals surface area contributed by atoms with Crippen LogP contribution >= 0.6 is 27.7 Å². The molecule has 7 heteroatoms. The molecule has 0 aliphatic heterocycles. The van der Waals surface area contributed by atoms with Gasteiger partial charge in [-0.05, 0) is 58.6 Å². The largest absolute Gasteiger partial charge is 0.344 e. The normalized spacial score (nSPS) is 11.7. The van der Waals surface area contributed by atoms with E-state index in [4.69, 9.17) is 0 Å². The van der Waals surface area contributed by atoms with Crippen molar-refractivity contribution >= 4 is 39.5 Å². The van der Waals surface area contributed by atoms with Crippen molar-refractivity contribution in [3.63, 3.8) is 0 Å². The zero-order chi connectivity index (χ0) is 19.6. The molecule has 0 aliphatic rings. The third kappa shape index (κ3) is 6.66. The van der Waals surface area contributed by atoms with Crippen LogP contribution in [0.3, 0.4) is 0 Å². The molecule has 0 saturated carbocycles. The highest BCUT2D eigenvalue weighted by molar-refractivity contribution is 9.10. The van der Waals surface area contributed by atoms with Gasteiger partial charge >= 0.3 is 0 Å². The molecule has 5 nitrogen and oxygen atoms in total. The molecule has 0 bridgehead atoms. The Hall–Kier alpha value is -1.86. The Kier molecular flexibility index (Phi) is 8.81. The van der Waals surface area contributed by atoms with Gasteiger partial charge in [0.15, 0.2) is 0 Å². The molecular weight excluding hydrogens is 426 g/mol. The van der Waals surface area contributed by atoms with Crippen molar-refractivity contribution in [1.29, 1.82) is 0 Å². The number of aromatic nitrogens is 1. The van der Waals surface area contributed by atoms with Crippen molar-refractivity contribution in [3.8, 4) is 0 Å². The summed E-state index contributed by atoms with van der Waals surface area (Å²) in [6.07, 6.45) is 5.00. The predicted octanol–water partition coefficient (Wildman–Crippen LogP) is 3.40. The quantitative estimate of drug-likeness (QED) is 0.636. The van der Waals surface area contributed by atoms with Crippen molar-refractivity contribution in [1.82, 2.24) is 15.2 Å². The van der Waals surface area contributed by atoms with E-state index in [0.717, 1.165) is 11.4 Å². The molecule has 1 aromatic carbocycles. The van der Waals surface area contributed by atoms with Crippen LogP contribution in [0, 0.1) is 0 Å². The molecule has 27 heavy (non-hydrogen) atoms. The number of amides is 2. The maximum atomic E-state index is 12.9. The first kappa shape index (κ1) is 21.4. The Labute approximate surface area is 173 Å². The van der Waals surface area contributed by atoms with Gasteiger partial charge in [0.2, 0.25) is 5.91 Å². The van der Waals surface area contributed by atoms with Crippen molar-refractivity contribution in [2.75, 3.05) is 25.6 Å². The van der Waals surface area contributed by atoms with Gasteiger partial charge in [-0.1, -0.05) is 18.2 Å². The zero-order valence-electron chi connectivity index (χ0n) is 15.5. The SMILES string of the molecule is CSCCC(NC(=O)c1ccccc1Br)C(=O)N(C)CCc1ccccn1. The van der Waals surface area contributed by atoms with Crippen molar-refractivity contribution < 1.29 is 9.59 Å². The van der Waals surface area contributed by atoms with Gasteiger partial charge < -0.3 is 10.2 Å². The van der Waals surface area contributed by atoms with Crippen LogP contribution in [0.5, 0.6) is 0 Å². The fourth-order valence-electron chi connectivity index (χ4n) is 2.58. The van der Waals surface area contributed by atoms with Gasteiger partial charge in [-0.25, -0.2) is 0 Å². The minimum absolute atomic E-state index is 0.0830. The summed E-state index contributed by atoms with van der Waals surface area (Å²) in [6, 6.07) is 12.4. The van der Waals surface area contributed by atoms with E-state index in [9.17, 15) is 9.59 Å². The number of rotatable bonds is 9. The first-order valence-corrected chi connectivity index (χ1v) is 10.9. The number of hydrogen-bond donors (Lipinski definition) is 1. The molecule has 0 radical (unpaired) electrons. The van der Waals surface area contributed by atoms with E-state index in [1.54, 1.807) is 42.0 Å².